The van der Waals surface area contributed by atoms with Crippen LogP contribution in [0.4, 0.5) is 8.78 Å². The Kier molecular flexibility index (Phi) is 5.18. The molecule has 0 spiro atoms. The second-order valence-corrected chi connectivity index (χ2v) is 6.22. The van der Waals surface area contributed by atoms with Crippen LogP contribution in [0, 0.1) is 0 Å². The molecule has 1 aromatic rings. The molecule has 128 valence electrons. The predicted octanol–water partition coefficient (Wildman–Crippen LogP) is 2.57. The van der Waals surface area contributed by atoms with Crippen molar-refractivity contribution >= 4 is 12.6 Å². The zero-order chi connectivity index (χ0) is 17.3. The van der Waals surface area contributed by atoms with Gasteiger partial charge in [-0.2, -0.15) is 8.78 Å². The quantitative estimate of drug-likeness (QED) is 0.593. The van der Waals surface area contributed by atoms with Gasteiger partial charge in [-0.1, -0.05) is 6.07 Å². The molecule has 1 aromatic carbocycles. The molecular weight excluding hydrogens is 309 g/mol. The molecule has 5 nitrogen and oxygen atoms in total. The summed E-state index contributed by atoms with van der Waals surface area (Å²) in [5, 5.41) is 0. The zero-order valence-corrected chi connectivity index (χ0v) is 13.9. The van der Waals surface area contributed by atoms with Gasteiger partial charge in [0.15, 0.2) is 6.79 Å². The van der Waals surface area contributed by atoms with E-state index in [0.717, 1.165) is 0 Å². The predicted molar refractivity (Wildman–Crippen MR) is 81.3 cm³/mol. The summed E-state index contributed by atoms with van der Waals surface area (Å²) in [6, 6.07) is 4.38. The summed E-state index contributed by atoms with van der Waals surface area (Å²) in [5.41, 5.74) is -0.454. The Hall–Kier alpha value is -1.38. The Balaban J connectivity index is 2.30. The van der Waals surface area contributed by atoms with Crippen LogP contribution in [0.2, 0.25) is 0 Å². The van der Waals surface area contributed by atoms with Crippen molar-refractivity contribution in [2.75, 3.05) is 13.9 Å². The van der Waals surface area contributed by atoms with Crippen LogP contribution in [0.3, 0.4) is 0 Å². The summed E-state index contributed by atoms with van der Waals surface area (Å²) in [6.07, 6.45) is 0. The second kappa shape index (κ2) is 6.63. The maximum atomic E-state index is 12.4. The second-order valence-electron chi connectivity index (χ2n) is 6.22. The first-order chi connectivity index (χ1) is 10.7. The lowest BCUT2D eigenvalue weighted by atomic mass is 9.78. The van der Waals surface area contributed by atoms with Gasteiger partial charge in [0.05, 0.1) is 11.2 Å². The molecule has 0 saturated carbocycles. The fourth-order valence-electron chi connectivity index (χ4n) is 2.10. The van der Waals surface area contributed by atoms with E-state index >= 15 is 0 Å². The van der Waals surface area contributed by atoms with Crippen LogP contribution in [0.15, 0.2) is 18.2 Å². The lowest BCUT2D eigenvalue weighted by Crippen LogP contribution is -2.41. The first-order valence-electron chi connectivity index (χ1n) is 7.22. The van der Waals surface area contributed by atoms with Crippen molar-refractivity contribution in [1.29, 1.82) is 0 Å². The fourth-order valence-corrected chi connectivity index (χ4v) is 2.10. The van der Waals surface area contributed by atoms with Crippen molar-refractivity contribution in [1.82, 2.24) is 0 Å². The van der Waals surface area contributed by atoms with Crippen LogP contribution < -0.4 is 14.9 Å². The molecule has 0 radical (unpaired) electrons. The van der Waals surface area contributed by atoms with Gasteiger partial charge in [0.25, 0.3) is 0 Å². The smallest absolute Gasteiger partial charge is 0.468 e. The molecule has 23 heavy (non-hydrogen) atoms. The Bertz CT molecular complexity index is 535. The van der Waals surface area contributed by atoms with Crippen LogP contribution in [-0.4, -0.2) is 38.8 Å². The lowest BCUT2D eigenvalue weighted by Gasteiger charge is -2.32. The molecule has 0 aromatic heterocycles. The maximum Gasteiger partial charge on any atom is 0.498 e. The van der Waals surface area contributed by atoms with Crippen LogP contribution in [0.5, 0.6) is 11.5 Å². The molecule has 1 aliphatic heterocycles. The monoisotopic (exact) mass is 330 g/mol. The van der Waals surface area contributed by atoms with Gasteiger partial charge < -0.3 is 23.5 Å². The normalized spacial score (nSPS) is 19.2. The van der Waals surface area contributed by atoms with Crippen LogP contribution in [0.25, 0.3) is 0 Å². The third kappa shape index (κ3) is 3.94. The number of ether oxygens (including phenoxy) is 3. The van der Waals surface area contributed by atoms with Gasteiger partial charge in [-0.05, 0) is 33.8 Å². The van der Waals surface area contributed by atoms with E-state index in [9.17, 15) is 8.78 Å². The van der Waals surface area contributed by atoms with Crippen molar-refractivity contribution in [3.05, 3.63) is 18.2 Å². The summed E-state index contributed by atoms with van der Waals surface area (Å²) >= 11 is 0. The van der Waals surface area contributed by atoms with Gasteiger partial charge >= 0.3 is 13.7 Å². The van der Waals surface area contributed by atoms with E-state index in [1.165, 1.54) is 19.2 Å². The van der Waals surface area contributed by atoms with E-state index in [4.69, 9.17) is 18.8 Å². The third-order valence-electron chi connectivity index (χ3n) is 4.05. The number of benzene rings is 1. The van der Waals surface area contributed by atoms with Crippen LogP contribution in [0.1, 0.15) is 27.7 Å². The lowest BCUT2D eigenvalue weighted by molar-refractivity contribution is -0.0500. The van der Waals surface area contributed by atoms with Gasteiger partial charge in [0, 0.05) is 18.6 Å². The van der Waals surface area contributed by atoms with E-state index < -0.39 is 24.9 Å². The third-order valence-corrected chi connectivity index (χ3v) is 4.05. The highest BCUT2D eigenvalue weighted by atomic mass is 19.3. The molecule has 1 saturated heterocycles. The first-order valence-corrected chi connectivity index (χ1v) is 7.22. The highest BCUT2D eigenvalue weighted by Crippen LogP contribution is 2.37. The van der Waals surface area contributed by atoms with Crippen molar-refractivity contribution in [2.24, 2.45) is 0 Å². The number of halogens is 2. The molecule has 0 unspecified atom stereocenters. The molecule has 1 fully saturated rings. The molecule has 8 heteroatoms. The molecule has 2 rings (SSSR count). The topological polar surface area (TPSA) is 46.2 Å². The van der Waals surface area contributed by atoms with Crippen molar-refractivity contribution in [3.63, 3.8) is 0 Å². The molecule has 0 atom stereocenters. The minimum absolute atomic E-state index is 0.00799. The van der Waals surface area contributed by atoms with E-state index in [1.807, 2.05) is 27.7 Å². The molecule has 0 N–H and O–H groups in total. The zero-order valence-electron chi connectivity index (χ0n) is 13.9. The highest BCUT2D eigenvalue weighted by Gasteiger charge is 2.52. The number of hydrogen-bond acceptors (Lipinski definition) is 5. The van der Waals surface area contributed by atoms with Crippen molar-refractivity contribution in [3.8, 4) is 11.5 Å². The number of rotatable bonds is 6. The van der Waals surface area contributed by atoms with Gasteiger partial charge in [0.2, 0.25) is 0 Å². The summed E-state index contributed by atoms with van der Waals surface area (Å²) < 4.78 is 51.4. The molecular formula is C15H21BF2O5. The van der Waals surface area contributed by atoms with Crippen molar-refractivity contribution in [2.45, 2.75) is 45.5 Å². The van der Waals surface area contributed by atoms with Crippen LogP contribution in [-0.2, 0) is 14.0 Å². The van der Waals surface area contributed by atoms with E-state index in [0.29, 0.717) is 11.2 Å². The molecule has 1 heterocycles. The van der Waals surface area contributed by atoms with Gasteiger partial charge in [-0.25, -0.2) is 0 Å². The molecule has 1 aliphatic rings. The average Bonchev–Trinajstić information content (AvgIpc) is 2.64. The van der Waals surface area contributed by atoms with Gasteiger partial charge in [0.1, 0.15) is 11.5 Å². The van der Waals surface area contributed by atoms with Gasteiger partial charge in [-0.15, -0.1) is 0 Å². The molecule has 0 aliphatic carbocycles. The Morgan fingerprint density at radius 3 is 2.26 bits per heavy atom. The largest absolute Gasteiger partial charge is 0.498 e. The summed E-state index contributed by atoms with van der Waals surface area (Å²) in [4.78, 5) is 0. The van der Waals surface area contributed by atoms with Crippen LogP contribution >= 0.6 is 0 Å². The number of alkyl halides is 2. The standard InChI is InChI=1S/C15H21BF2O5/c1-14(2)15(3,4)23-16(22-14)11-7-6-10(21-13(17)18)8-12(11)20-9-19-5/h6-8,13H,9H2,1-5H3. The van der Waals surface area contributed by atoms with E-state index in [-0.39, 0.29) is 12.5 Å². The summed E-state index contributed by atoms with van der Waals surface area (Å²) in [7, 11) is 0.793. The van der Waals surface area contributed by atoms with E-state index in [2.05, 4.69) is 4.74 Å². The van der Waals surface area contributed by atoms with Crippen molar-refractivity contribution < 1.29 is 32.3 Å². The Morgan fingerprint density at radius 1 is 1.13 bits per heavy atom. The number of methoxy groups -OCH3 is 1. The maximum absolute atomic E-state index is 12.4. The summed E-state index contributed by atoms with van der Waals surface area (Å²) in [6.45, 7) is 4.76. The SMILES string of the molecule is COCOc1cc(OC(F)F)ccc1B1OC(C)(C)C(C)(C)O1. The number of hydrogen-bond donors (Lipinski definition) is 0. The Labute approximate surface area is 135 Å². The summed E-state index contributed by atoms with van der Waals surface area (Å²) in [5.74, 6) is 0.301. The minimum atomic E-state index is -2.91. The highest BCUT2D eigenvalue weighted by molar-refractivity contribution is 6.63. The minimum Gasteiger partial charge on any atom is -0.468 e. The first kappa shape index (κ1) is 18.0. The average molecular weight is 330 g/mol. The fraction of sp³-hybridized carbons (Fsp3) is 0.600. The van der Waals surface area contributed by atoms with Gasteiger partial charge in [-0.3, -0.25) is 0 Å². The Morgan fingerprint density at radius 2 is 1.74 bits per heavy atom. The molecule has 0 amide bonds. The molecule has 0 bridgehead atoms. The van der Waals surface area contributed by atoms with E-state index in [1.54, 1.807) is 6.07 Å².